The average molecular weight is 316 g/mol. The van der Waals surface area contributed by atoms with Crippen molar-refractivity contribution in [1.29, 1.82) is 0 Å². The zero-order valence-corrected chi connectivity index (χ0v) is 14.6. The zero-order valence-electron chi connectivity index (χ0n) is 14.6. The third-order valence-electron chi connectivity index (χ3n) is 6.56. The van der Waals surface area contributed by atoms with Crippen molar-refractivity contribution < 1.29 is 14.3 Å². The Morgan fingerprint density at radius 3 is 2.83 bits per heavy atom. The summed E-state index contributed by atoms with van der Waals surface area (Å²) in [5.41, 5.74) is 3.87. The number of carbonyl (C=O) groups is 1. The minimum absolute atomic E-state index is 0.0248. The highest BCUT2D eigenvalue weighted by atomic mass is 16.6. The van der Waals surface area contributed by atoms with Crippen molar-refractivity contribution in [3.05, 3.63) is 22.8 Å². The van der Waals surface area contributed by atoms with E-state index in [0.717, 1.165) is 18.4 Å². The van der Waals surface area contributed by atoms with Crippen molar-refractivity contribution in [1.82, 2.24) is 0 Å². The van der Waals surface area contributed by atoms with Gasteiger partial charge in [0.25, 0.3) is 0 Å². The lowest BCUT2D eigenvalue weighted by Gasteiger charge is -2.25. The second kappa shape index (κ2) is 5.47. The van der Waals surface area contributed by atoms with Crippen molar-refractivity contribution in [2.24, 2.45) is 17.8 Å². The van der Waals surface area contributed by atoms with E-state index in [1.807, 2.05) is 0 Å². The van der Waals surface area contributed by atoms with Crippen LogP contribution in [0.3, 0.4) is 0 Å². The Balaban J connectivity index is 1.56. The molecule has 4 atom stereocenters. The Bertz CT molecular complexity index is 584. The van der Waals surface area contributed by atoms with E-state index in [1.165, 1.54) is 36.8 Å². The van der Waals surface area contributed by atoms with Gasteiger partial charge in [-0.15, -0.1) is 0 Å². The number of rotatable bonds is 3. The van der Waals surface area contributed by atoms with Gasteiger partial charge in [0, 0.05) is 11.5 Å². The first kappa shape index (κ1) is 15.4. The molecule has 4 rings (SSSR count). The van der Waals surface area contributed by atoms with Gasteiger partial charge in [-0.05, 0) is 76.7 Å². The van der Waals surface area contributed by atoms with Gasteiger partial charge < -0.3 is 9.47 Å². The molecule has 3 heteroatoms. The number of hydrogen-bond acceptors (Lipinski definition) is 3. The molecule has 0 amide bonds. The lowest BCUT2D eigenvalue weighted by Crippen LogP contribution is -2.22. The highest BCUT2D eigenvalue weighted by Gasteiger charge is 2.48. The maximum atomic E-state index is 12.3. The van der Waals surface area contributed by atoms with Crippen LogP contribution >= 0.6 is 0 Å². The third-order valence-corrected chi connectivity index (χ3v) is 6.56. The molecule has 0 aromatic rings. The largest absolute Gasteiger partial charge is 0.458 e. The van der Waals surface area contributed by atoms with Crippen LogP contribution in [0.25, 0.3) is 0 Å². The first-order valence-corrected chi connectivity index (χ1v) is 9.21. The fourth-order valence-corrected chi connectivity index (χ4v) is 5.07. The van der Waals surface area contributed by atoms with E-state index < -0.39 is 0 Å². The summed E-state index contributed by atoms with van der Waals surface area (Å²) in [6, 6.07) is 0. The van der Waals surface area contributed by atoms with Crippen LogP contribution < -0.4 is 0 Å². The fraction of sp³-hybridized carbons (Fsp3) is 0.750. The fourth-order valence-electron chi connectivity index (χ4n) is 5.07. The first-order valence-electron chi connectivity index (χ1n) is 9.21. The van der Waals surface area contributed by atoms with E-state index in [0.29, 0.717) is 30.5 Å². The van der Waals surface area contributed by atoms with Gasteiger partial charge in [0.1, 0.15) is 6.61 Å². The summed E-state index contributed by atoms with van der Waals surface area (Å²) in [7, 11) is 0. The summed E-state index contributed by atoms with van der Waals surface area (Å²) in [4.78, 5) is 12.3. The van der Waals surface area contributed by atoms with Crippen LogP contribution in [0.1, 0.15) is 59.3 Å². The van der Waals surface area contributed by atoms with Crippen LogP contribution in [0.5, 0.6) is 0 Å². The lowest BCUT2D eigenvalue weighted by atomic mass is 9.78. The quantitative estimate of drug-likeness (QED) is 0.445. The highest BCUT2D eigenvalue weighted by Crippen LogP contribution is 2.51. The number of ether oxygens (including phenoxy) is 2. The van der Waals surface area contributed by atoms with E-state index in [9.17, 15) is 4.79 Å². The van der Waals surface area contributed by atoms with Gasteiger partial charge in [0.05, 0.1) is 11.7 Å². The molecule has 1 saturated heterocycles. The second-order valence-electron chi connectivity index (χ2n) is 8.35. The van der Waals surface area contributed by atoms with Crippen molar-refractivity contribution in [3.63, 3.8) is 0 Å². The van der Waals surface area contributed by atoms with Gasteiger partial charge >= 0.3 is 5.97 Å². The molecular weight excluding hydrogens is 288 g/mol. The highest BCUT2D eigenvalue weighted by molar-refractivity contribution is 5.92. The standard InChI is InChI=1S/C20H28O3/c1-12(7-10-16-20(2,3)23-16)15-9-8-13-5-4-6-14-11-22-19(21)18(14)17(13)15/h7,13,15-17H,4-6,8-11H2,1-3H3/t13-,15-,16-,17+/m0/s1. The molecule has 1 saturated carbocycles. The van der Waals surface area contributed by atoms with Crippen LogP contribution in [0.2, 0.25) is 0 Å². The van der Waals surface area contributed by atoms with Crippen LogP contribution in [0.15, 0.2) is 22.8 Å². The Kier molecular flexibility index (Phi) is 3.67. The van der Waals surface area contributed by atoms with Crippen LogP contribution in [0.4, 0.5) is 0 Å². The zero-order chi connectivity index (χ0) is 16.2. The Morgan fingerprint density at radius 2 is 2.09 bits per heavy atom. The minimum Gasteiger partial charge on any atom is -0.458 e. The smallest absolute Gasteiger partial charge is 0.334 e. The van der Waals surface area contributed by atoms with Crippen molar-refractivity contribution >= 4 is 5.97 Å². The maximum absolute atomic E-state index is 12.3. The first-order chi connectivity index (χ1) is 11.0. The predicted molar refractivity (Wildman–Crippen MR) is 88.9 cm³/mol. The van der Waals surface area contributed by atoms with Crippen LogP contribution in [0, 0.1) is 17.8 Å². The van der Waals surface area contributed by atoms with Crippen LogP contribution in [-0.4, -0.2) is 24.3 Å². The summed E-state index contributed by atoms with van der Waals surface area (Å²) in [5.74, 6) is 1.58. The molecule has 0 radical (unpaired) electrons. The number of epoxide rings is 1. The van der Waals surface area contributed by atoms with E-state index in [1.54, 1.807) is 0 Å². The number of hydrogen-bond donors (Lipinski definition) is 0. The SMILES string of the molecule is CC(=CC[C@@H]1OC1(C)C)[C@@H]1CC[C@@H]2CCCC3=C(C(=O)OC3)[C@H]21. The van der Waals surface area contributed by atoms with Crippen molar-refractivity contribution in [2.75, 3.05) is 6.61 Å². The molecule has 3 nitrogen and oxygen atoms in total. The normalized spacial score (nSPS) is 38.9. The molecule has 23 heavy (non-hydrogen) atoms. The predicted octanol–water partition coefficient (Wildman–Crippen LogP) is 4.18. The molecule has 126 valence electrons. The number of fused-ring (bicyclic) bond motifs is 2. The second-order valence-corrected chi connectivity index (χ2v) is 8.35. The van der Waals surface area contributed by atoms with Gasteiger partial charge in [-0.25, -0.2) is 4.79 Å². The molecular formula is C20H28O3. The molecule has 2 aliphatic heterocycles. The molecule has 0 spiro atoms. The molecule has 4 aliphatic rings. The third kappa shape index (κ3) is 2.67. The van der Waals surface area contributed by atoms with Crippen molar-refractivity contribution in [2.45, 2.75) is 71.0 Å². The van der Waals surface area contributed by atoms with E-state index >= 15 is 0 Å². The molecule has 2 heterocycles. The molecule has 2 aliphatic carbocycles. The Labute approximate surface area is 139 Å². The van der Waals surface area contributed by atoms with Gasteiger partial charge in [0.15, 0.2) is 0 Å². The lowest BCUT2D eigenvalue weighted by molar-refractivity contribution is -0.136. The summed E-state index contributed by atoms with van der Waals surface area (Å²) in [6.45, 7) is 7.12. The molecule has 0 unspecified atom stereocenters. The van der Waals surface area contributed by atoms with Gasteiger partial charge in [0.2, 0.25) is 0 Å². The molecule has 0 aromatic heterocycles. The van der Waals surface area contributed by atoms with E-state index in [-0.39, 0.29) is 11.6 Å². The summed E-state index contributed by atoms with van der Waals surface area (Å²) >= 11 is 0. The molecule has 2 fully saturated rings. The average Bonchev–Trinajstić information content (AvgIpc) is 2.79. The number of carbonyl (C=O) groups excluding carboxylic acids is 1. The molecule has 0 bridgehead atoms. The molecule has 0 aromatic carbocycles. The number of allylic oxidation sites excluding steroid dienone is 1. The number of esters is 1. The number of cyclic esters (lactones) is 1. The Morgan fingerprint density at radius 1 is 1.30 bits per heavy atom. The molecule has 0 N–H and O–H groups in total. The van der Waals surface area contributed by atoms with Crippen LogP contribution in [-0.2, 0) is 14.3 Å². The topological polar surface area (TPSA) is 38.8 Å². The summed E-state index contributed by atoms with van der Waals surface area (Å²) in [6.07, 6.45) is 9.78. The monoisotopic (exact) mass is 316 g/mol. The summed E-state index contributed by atoms with van der Waals surface area (Å²) in [5, 5.41) is 0. The minimum atomic E-state index is -0.0248. The maximum Gasteiger partial charge on any atom is 0.334 e. The van der Waals surface area contributed by atoms with Gasteiger partial charge in [-0.2, -0.15) is 0 Å². The van der Waals surface area contributed by atoms with E-state index in [2.05, 4.69) is 26.8 Å². The Hall–Kier alpha value is -1.09. The van der Waals surface area contributed by atoms with E-state index in [4.69, 9.17) is 9.47 Å². The van der Waals surface area contributed by atoms with Gasteiger partial charge in [-0.1, -0.05) is 11.6 Å². The van der Waals surface area contributed by atoms with Crippen molar-refractivity contribution in [3.8, 4) is 0 Å². The summed E-state index contributed by atoms with van der Waals surface area (Å²) < 4.78 is 11.1. The van der Waals surface area contributed by atoms with Gasteiger partial charge in [-0.3, -0.25) is 0 Å².